The second-order valence-corrected chi connectivity index (χ2v) is 9.96. The van der Waals surface area contributed by atoms with Crippen LogP contribution in [0.15, 0.2) is 78.9 Å². The van der Waals surface area contributed by atoms with Crippen molar-refractivity contribution < 1.29 is 9.53 Å². The minimum atomic E-state index is -0.524. The van der Waals surface area contributed by atoms with Gasteiger partial charge in [0.15, 0.2) is 0 Å². The van der Waals surface area contributed by atoms with E-state index in [1.807, 2.05) is 85.8 Å². The van der Waals surface area contributed by atoms with E-state index < -0.39 is 5.41 Å². The van der Waals surface area contributed by atoms with Gasteiger partial charge < -0.3 is 20.7 Å². The Bertz CT molecular complexity index is 1400. The lowest BCUT2D eigenvalue weighted by atomic mass is 9.78. The normalized spacial score (nSPS) is 14.1. The molecule has 0 radical (unpaired) electrons. The summed E-state index contributed by atoms with van der Waals surface area (Å²) < 4.78 is 5.22. The molecule has 1 aliphatic carbocycles. The largest absolute Gasteiger partial charge is 0.497 e. The summed E-state index contributed by atoms with van der Waals surface area (Å²) in [6.07, 6.45) is 3.73. The van der Waals surface area contributed by atoms with Gasteiger partial charge in [0.2, 0.25) is 11.9 Å². The first-order valence-corrected chi connectivity index (χ1v) is 13.0. The van der Waals surface area contributed by atoms with Crippen LogP contribution in [-0.4, -0.2) is 23.0 Å². The number of methoxy groups -OCH3 is 1. The Hall–Kier alpha value is -4.10. The molecule has 1 aromatic heterocycles. The van der Waals surface area contributed by atoms with Crippen molar-refractivity contribution in [3.05, 3.63) is 95.1 Å². The summed E-state index contributed by atoms with van der Waals surface area (Å²) >= 11 is 6.09. The number of carbonyl (C=O) groups is 1. The van der Waals surface area contributed by atoms with E-state index >= 15 is 0 Å². The van der Waals surface area contributed by atoms with E-state index in [1.165, 1.54) is 0 Å². The van der Waals surface area contributed by atoms with Gasteiger partial charge in [0.1, 0.15) is 11.6 Å². The molecular formula is C30H30ClN5O2. The van der Waals surface area contributed by atoms with Gasteiger partial charge >= 0.3 is 0 Å². The van der Waals surface area contributed by atoms with E-state index in [4.69, 9.17) is 16.3 Å². The summed E-state index contributed by atoms with van der Waals surface area (Å²) in [6, 6.07) is 24.8. The van der Waals surface area contributed by atoms with Gasteiger partial charge in [-0.25, -0.2) is 4.98 Å². The molecule has 1 aliphatic rings. The molecule has 1 heterocycles. The van der Waals surface area contributed by atoms with Gasteiger partial charge in [0.25, 0.3) is 0 Å². The molecule has 194 valence electrons. The van der Waals surface area contributed by atoms with Crippen LogP contribution in [0.3, 0.4) is 0 Å². The molecule has 8 heteroatoms. The average Bonchev–Trinajstić information content (AvgIpc) is 3.42. The van der Waals surface area contributed by atoms with Crippen LogP contribution in [0.4, 0.5) is 28.8 Å². The molecule has 5 rings (SSSR count). The van der Waals surface area contributed by atoms with Gasteiger partial charge in [-0.15, -0.1) is 0 Å². The minimum absolute atomic E-state index is 0.0225. The van der Waals surface area contributed by atoms with Gasteiger partial charge in [0, 0.05) is 33.8 Å². The third-order valence-electron chi connectivity index (χ3n) is 6.90. The van der Waals surface area contributed by atoms with Crippen LogP contribution in [0.2, 0.25) is 5.02 Å². The number of nitrogens with zero attached hydrogens (tertiary/aromatic N) is 2. The Morgan fingerprint density at radius 3 is 2.11 bits per heavy atom. The van der Waals surface area contributed by atoms with Gasteiger partial charge in [0.05, 0.1) is 12.5 Å². The molecule has 1 saturated carbocycles. The molecule has 3 aromatic carbocycles. The van der Waals surface area contributed by atoms with E-state index in [0.29, 0.717) is 16.8 Å². The van der Waals surface area contributed by atoms with Crippen molar-refractivity contribution >= 4 is 46.3 Å². The van der Waals surface area contributed by atoms with Crippen molar-refractivity contribution in [1.82, 2.24) is 9.97 Å². The quantitative estimate of drug-likeness (QED) is 0.221. The van der Waals surface area contributed by atoms with E-state index in [-0.39, 0.29) is 5.91 Å². The van der Waals surface area contributed by atoms with Crippen LogP contribution in [0.1, 0.15) is 36.9 Å². The fourth-order valence-electron chi connectivity index (χ4n) is 4.92. The number of benzene rings is 3. The van der Waals surface area contributed by atoms with Crippen molar-refractivity contribution in [1.29, 1.82) is 0 Å². The Labute approximate surface area is 227 Å². The van der Waals surface area contributed by atoms with Crippen LogP contribution in [-0.2, 0) is 10.2 Å². The van der Waals surface area contributed by atoms with Crippen LogP contribution in [0.25, 0.3) is 0 Å². The minimum Gasteiger partial charge on any atom is -0.497 e. The van der Waals surface area contributed by atoms with E-state index in [0.717, 1.165) is 59.8 Å². The third kappa shape index (κ3) is 5.73. The second kappa shape index (κ2) is 11.1. The van der Waals surface area contributed by atoms with E-state index in [2.05, 4.69) is 25.9 Å². The standard InChI is InChI=1S/C30H30ClN5O2/c1-20-19-27(33-23-13-15-26(38-2)16-14-23)36-29(32-20)35-25-11-9-24(10-12-25)34-28(37)30(17-3-4-18-30)21-5-7-22(31)8-6-21/h5-16,19H,3-4,17-18H2,1-2H3,(H,34,37)(H2,32,33,35,36). The highest BCUT2D eigenvalue weighted by Crippen LogP contribution is 2.42. The van der Waals surface area contributed by atoms with Crippen LogP contribution < -0.4 is 20.7 Å². The van der Waals surface area contributed by atoms with Crippen LogP contribution >= 0.6 is 11.6 Å². The van der Waals surface area contributed by atoms with Crippen molar-refractivity contribution in [3.8, 4) is 5.75 Å². The SMILES string of the molecule is COc1ccc(Nc2cc(C)nc(Nc3ccc(NC(=O)C4(c5ccc(Cl)cc5)CCCC4)cc3)n2)cc1. The lowest BCUT2D eigenvalue weighted by Gasteiger charge is -2.28. The lowest BCUT2D eigenvalue weighted by Crippen LogP contribution is -2.37. The summed E-state index contributed by atoms with van der Waals surface area (Å²) in [5.41, 5.74) is 3.78. The predicted molar refractivity (Wildman–Crippen MR) is 153 cm³/mol. The molecule has 3 N–H and O–H groups in total. The first-order chi connectivity index (χ1) is 18.4. The zero-order valence-corrected chi connectivity index (χ0v) is 22.2. The van der Waals surface area contributed by atoms with Crippen molar-refractivity contribution in [2.75, 3.05) is 23.1 Å². The average molecular weight is 528 g/mol. The fraction of sp³-hybridized carbons (Fsp3) is 0.233. The second-order valence-electron chi connectivity index (χ2n) is 9.52. The predicted octanol–water partition coefficient (Wildman–Crippen LogP) is 7.38. The number of anilines is 5. The Morgan fingerprint density at radius 2 is 1.45 bits per heavy atom. The maximum absolute atomic E-state index is 13.5. The summed E-state index contributed by atoms with van der Waals surface area (Å²) in [7, 11) is 1.64. The van der Waals surface area contributed by atoms with Gasteiger partial charge in [-0.2, -0.15) is 4.98 Å². The summed E-state index contributed by atoms with van der Waals surface area (Å²) in [5.74, 6) is 1.97. The number of amides is 1. The highest BCUT2D eigenvalue weighted by Gasteiger charge is 2.42. The highest BCUT2D eigenvalue weighted by molar-refractivity contribution is 6.30. The maximum Gasteiger partial charge on any atom is 0.235 e. The molecule has 0 aliphatic heterocycles. The Kier molecular flexibility index (Phi) is 7.47. The number of hydrogen-bond donors (Lipinski definition) is 3. The van der Waals surface area contributed by atoms with Crippen molar-refractivity contribution in [2.24, 2.45) is 0 Å². The summed E-state index contributed by atoms with van der Waals surface area (Å²) in [4.78, 5) is 22.6. The molecule has 0 atom stereocenters. The number of aromatic nitrogens is 2. The first-order valence-electron chi connectivity index (χ1n) is 12.6. The molecule has 0 unspecified atom stereocenters. The molecule has 1 amide bonds. The highest BCUT2D eigenvalue weighted by atomic mass is 35.5. The maximum atomic E-state index is 13.5. The van der Waals surface area contributed by atoms with Crippen LogP contribution in [0.5, 0.6) is 5.75 Å². The van der Waals surface area contributed by atoms with Crippen molar-refractivity contribution in [3.63, 3.8) is 0 Å². The van der Waals surface area contributed by atoms with Crippen molar-refractivity contribution in [2.45, 2.75) is 38.0 Å². The molecule has 38 heavy (non-hydrogen) atoms. The summed E-state index contributed by atoms with van der Waals surface area (Å²) in [5, 5.41) is 10.4. The Morgan fingerprint density at radius 1 is 0.842 bits per heavy atom. The topological polar surface area (TPSA) is 88.2 Å². The van der Waals surface area contributed by atoms with Gasteiger partial charge in [-0.05, 0) is 86.0 Å². The molecule has 4 aromatic rings. The molecule has 7 nitrogen and oxygen atoms in total. The number of carbonyl (C=O) groups excluding carboxylic acids is 1. The van der Waals surface area contributed by atoms with E-state index in [1.54, 1.807) is 7.11 Å². The molecule has 0 spiro atoms. The number of halogens is 1. The first kappa shape index (κ1) is 25.5. The summed E-state index contributed by atoms with van der Waals surface area (Å²) in [6.45, 7) is 1.92. The van der Waals surface area contributed by atoms with E-state index in [9.17, 15) is 4.79 Å². The number of ether oxygens (including phenoxy) is 1. The number of aryl methyl sites for hydroxylation is 1. The smallest absolute Gasteiger partial charge is 0.235 e. The fourth-order valence-corrected chi connectivity index (χ4v) is 5.05. The number of rotatable bonds is 8. The molecular weight excluding hydrogens is 498 g/mol. The molecule has 0 bridgehead atoms. The van der Waals surface area contributed by atoms with Crippen LogP contribution in [0, 0.1) is 6.92 Å². The van der Waals surface area contributed by atoms with Gasteiger partial charge in [-0.1, -0.05) is 36.6 Å². The Balaban J connectivity index is 1.26. The molecule has 0 saturated heterocycles. The third-order valence-corrected chi connectivity index (χ3v) is 7.16. The number of hydrogen-bond acceptors (Lipinski definition) is 6. The number of nitrogens with one attached hydrogen (secondary N) is 3. The lowest BCUT2D eigenvalue weighted by molar-refractivity contribution is -0.121. The molecule has 1 fully saturated rings. The zero-order valence-electron chi connectivity index (χ0n) is 21.4. The van der Waals surface area contributed by atoms with Gasteiger partial charge in [-0.3, -0.25) is 4.79 Å². The monoisotopic (exact) mass is 527 g/mol. The zero-order chi connectivity index (χ0) is 26.5.